The van der Waals surface area contributed by atoms with Gasteiger partial charge in [0.1, 0.15) is 0 Å². The molecular formula is C13H21N3O. The molecule has 0 spiro atoms. The van der Waals surface area contributed by atoms with Crippen LogP contribution < -0.4 is 5.73 Å². The predicted octanol–water partition coefficient (Wildman–Crippen LogP) is 1.87. The minimum absolute atomic E-state index is 0.0826. The van der Waals surface area contributed by atoms with E-state index in [1.807, 2.05) is 18.9 Å². The number of nitrogens with zero attached hydrogens (tertiary/aromatic N) is 2. The summed E-state index contributed by atoms with van der Waals surface area (Å²) in [5.74, 6) is 0.233. The number of benzene rings is 1. The van der Waals surface area contributed by atoms with Crippen LogP contribution >= 0.6 is 0 Å². The molecule has 0 amide bonds. The Labute approximate surface area is 103 Å². The molecule has 0 heterocycles. The number of amidine groups is 1. The molecule has 17 heavy (non-hydrogen) atoms. The van der Waals surface area contributed by atoms with E-state index in [0.717, 1.165) is 6.54 Å². The van der Waals surface area contributed by atoms with E-state index in [0.29, 0.717) is 0 Å². The largest absolute Gasteiger partial charge is 0.409 e. The van der Waals surface area contributed by atoms with Gasteiger partial charge in [0, 0.05) is 6.54 Å². The molecule has 1 rings (SSSR count). The molecule has 3 N–H and O–H groups in total. The van der Waals surface area contributed by atoms with Gasteiger partial charge in [-0.05, 0) is 33.4 Å². The number of aryl methyl sites for hydroxylation is 2. The number of hydrogen-bond donors (Lipinski definition) is 2. The van der Waals surface area contributed by atoms with E-state index in [1.54, 1.807) is 0 Å². The highest BCUT2D eigenvalue weighted by Gasteiger charge is 2.14. The number of nitrogens with two attached hydrogens (primary N) is 1. The average molecular weight is 235 g/mol. The summed E-state index contributed by atoms with van der Waals surface area (Å²) >= 11 is 0. The fraction of sp³-hybridized carbons (Fsp3) is 0.462. The molecule has 0 aliphatic rings. The van der Waals surface area contributed by atoms with Crippen molar-refractivity contribution in [2.75, 3.05) is 7.05 Å². The van der Waals surface area contributed by atoms with Crippen LogP contribution in [0.1, 0.15) is 23.6 Å². The summed E-state index contributed by atoms with van der Waals surface area (Å²) in [6.07, 6.45) is 0. The Morgan fingerprint density at radius 1 is 1.35 bits per heavy atom. The molecule has 4 nitrogen and oxygen atoms in total. The molecule has 0 radical (unpaired) electrons. The summed E-state index contributed by atoms with van der Waals surface area (Å²) in [6, 6.07) is 6.38. The van der Waals surface area contributed by atoms with Gasteiger partial charge in [0.2, 0.25) is 0 Å². The summed E-state index contributed by atoms with van der Waals surface area (Å²) in [6.45, 7) is 6.87. The molecule has 94 valence electrons. The third-order valence-corrected chi connectivity index (χ3v) is 2.92. The first-order valence-electron chi connectivity index (χ1n) is 5.69. The summed E-state index contributed by atoms with van der Waals surface area (Å²) in [5, 5.41) is 11.7. The topological polar surface area (TPSA) is 61.8 Å². The lowest BCUT2D eigenvalue weighted by atomic mass is 10.1. The second kappa shape index (κ2) is 5.68. The summed E-state index contributed by atoms with van der Waals surface area (Å²) in [4.78, 5) is 2.04. The molecule has 1 atom stereocenters. The molecule has 0 aliphatic heterocycles. The Balaban J connectivity index is 2.77. The lowest BCUT2D eigenvalue weighted by Crippen LogP contribution is -2.40. The average Bonchev–Trinajstić information content (AvgIpc) is 2.25. The lowest BCUT2D eigenvalue weighted by Gasteiger charge is -2.23. The van der Waals surface area contributed by atoms with Crippen LogP contribution in [-0.4, -0.2) is 29.0 Å². The van der Waals surface area contributed by atoms with Crippen LogP contribution in [0.4, 0.5) is 0 Å². The van der Waals surface area contributed by atoms with Crippen molar-refractivity contribution in [2.45, 2.75) is 33.4 Å². The first kappa shape index (κ1) is 13.5. The SMILES string of the molecule is Cc1cc(C)cc(CN(C)C(C)C(N)=NO)c1. The standard InChI is InChI=1S/C13H21N3O/c1-9-5-10(2)7-12(6-9)8-16(4)11(3)13(14)15-17/h5-7,11,17H,8H2,1-4H3,(H2,14,15). The highest BCUT2D eigenvalue weighted by molar-refractivity contribution is 5.84. The second-order valence-corrected chi connectivity index (χ2v) is 4.61. The molecule has 0 aliphatic carbocycles. The maximum absolute atomic E-state index is 8.64. The first-order chi connectivity index (χ1) is 7.93. The van der Waals surface area contributed by atoms with E-state index < -0.39 is 0 Å². The highest BCUT2D eigenvalue weighted by atomic mass is 16.4. The third-order valence-electron chi connectivity index (χ3n) is 2.92. The van der Waals surface area contributed by atoms with E-state index in [2.05, 4.69) is 37.2 Å². The number of oxime groups is 1. The fourth-order valence-electron chi connectivity index (χ4n) is 1.89. The van der Waals surface area contributed by atoms with E-state index in [4.69, 9.17) is 10.9 Å². The van der Waals surface area contributed by atoms with Crippen LogP contribution in [0.5, 0.6) is 0 Å². The monoisotopic (exact) mass is 235 g/mol. The summed E-state index contributed by atoms with van der Waals surface area (Å²) in [5.41, 5.74) is 9.34. The van der Waals surface area contributed by atoms with Crippen LogP contribution in [0.2, 0.25) is 0 Å². The summed E-state index contributed by atoms with van der Waals surface area (Å²) < 4.78 is 0. The van der Waals surface area contributed by atoms with E-state index in [1.165, 1.54) is 16.7 Å². The number of likely N-dealkylation sites (N-methyl/N-ethyl adjacent to an activating group) is 1. The fourth-order valence-corrected chi connectivity index (χ4v) is 1.89. The predicted molar refractivity (Wildman–Crippen MR) is 70.3 cm³/mol. The van der Waals surface area contributed by atoms with Gasteiger partial charge in [0.25, 0.3) is 0 Å². The maximum Gasteiger partial charge on any atom is 0.156 e. The van der Waals surface area contributed by atoms with Gasteiger partial charge in [-0.25, -0.2) is 0 Å². The van der Waals surface area contributed by atoms with E-state index in [-0.39, 0.29) is 11.9 Å². The second-order valence-electron chi connectivity index (χ2n) is 4.61. The van der Waals surface area contributed by atoms with Crippen molar-refractivity contribution in [3.8, 4) is 0 Å². The van der Waals surface area contributed by atoms with Crippen LogP contribution in [0, 0.1) is 13.8 Å². The smallest absolute Gasteiger partial charge is 0.156 e. The van der Waals surface area contributed by atoms with Crippen LogP contribution in [0.15, 0.2) is 23.4 Å². The van der Waals surface area contributed by atoms with Gasteiger partial charge in [-0.3, -0.25) is 4.90 Å². The van der Waals surface area contributed by atoms with Crippen molar-refractivity contribution in [2.24, 2.45) is 10.9 Å². The van der Waals surface area contributed by atoms with Crippen molar-refractivity contribution in [1.29, 1.82) is 0 Å². The number of hydrogen-bond acceptors (Lipinski definition) is 3. The quantitative estimate of drug-likeness (QED) is 0.362. The zero-order chi connectivity index (χ0) is 13.0. The minimum Gasteiger partial charge on any atom is -0.409 e. The molecule has 0 aromatic heterocycles. The Morgan fingerprint density at radius 2 is 1.88 bits per heavy atom. The molecule has 0 fully saturated rings. The molecule has 4 heteroatoms. The summed E-state index contributed by atoms with van der Waals surface area (Å²) in [7, 11) is 1.96. The molecule has 0 bridgehead atoms. The molecule has 1 unspecified atom stereocenters. The van der Waals surface area contributed by atoms with Gasteiger partial charge in [-0.2, -0.15) is 0 Å². The zero-order valence-electron chi connectivity index (χ0n) is 10.9. The van der Waals surface area contributed by atoms with Crippen LogP contribution in [-0.2, 0) is 6.54 Å². The normalized spacial score (nSPS) is 14.1. The van der Waals surface area contributed by atoms with Gasteiger partial charge in [0.15, 0.2) is 5.84 Å². The molecule has 1 aromatic carbocycles. The van der Waals surface area contributed by atoms with Crippen molar-refractivity contribution < 1.29 is 5.21 Å². The van der Waals surface area contributed by atoms with Gasteiger partial charge in [0.05, 0.1) is 6.04 Å². The van der Waals surface area contributed by atoms with Crippen molar-refractivity contribution in [1.82, 2.24) is 4.90 Å². The Kier molecular flexibility index (Phi) is 4.52. The van der Waals surface area contributed by atoms with Gasteiger partial charge < -0.3 is 10.9 Å². The van der Waals surface area contributed by atoms with Crippen LogP contribution in [0.3, 0.4) is 0 Å². The van der Waals surface area contributed by atoms with Crippen molar-refractivity contribution in [3.63, 3.8) is 0 Å². The van der Waals surface area contributed by atoms with E-state index in [9.17, 15) is 0 Å². The Hall–Kier alpha value is -1.55. The molecule has 0 saturated heterocycles. The number of rotatable bonds is 4. The molecule has 1 aromatic rings. The lowest BCUT2D eigenvalue weighted by molar-refractivity contribution is 0.279. The van der Waals surface area contributed by atoms with Gasteiger partial charge in [-0.15, -0.1) is 0 Å². The first-order valence-corrected chi connectivity index (χ1v) is 5.69. The van der Waals surface area contributed by atoms with Gasteiger partial charge >= 0.3 is 0 Å². The zero-order valence-corrected chi connectivity index (χ0v) is 10.9. The Morgan fingerprint density at radius 3 is 2.35 bits per heavy atom. The molecule has 0 saturated carbocycles. The maximum atomic E-state index is 8.64. The highest BCUT2D eigenvalue weighted by Crippen LogP contribution is 2.12. The molecular weight excluding hydrogens is 214 g/mol. The van der Waals surface area contributed by atoms with Crippen LogP contribution in [0.25, 0.3) is 0 Å². The van der Waals surface area contributed by atoms with E-state index >= 15 is 0 Å². The van der Waals surface area contributed by atoms with Gasteiger partial charge in [-0.1, -0.05) is 34.5 Å². The van der Waals surface area contributed by atoms with Crippen molar-refractivity contribution >= 4 is 5.84 Å². The Bertz CT molecular complexity index is 395. The van der Waals surface area contributed by atoms with Crippen molar-refractivity contribution in [3.05, 3.63) is 34.9 Å². The third kappa shape index (κ3) is 3.75. The minimum atomic E-state index is -0.0826.